The van der Waals surface area contributed by atoms with Gasteiger partial charge >= 0.3 is 5.97 Å². The Morgan fingerprint density at radius 2 is 1.73 bits per heavy atom. The Bertz CT molecular complexity index is 1140. The van der Waals surface area contributed by atoms with Crippen molar-refractivity contribution in [3.8, 4) is 11.8 Å². The second kappa shape index (κ2) is 10.1. The molecular weight excluding hydrogens is 404 g/mol. The maximum Gasteiger partial charge on any atom is 0.338 e. The standard InChI is InChI=1S/C31H34O2/c1-7-33-29(32)25-14-12-23(13-15-25)10-8-9-11-26-22-31(5,6)21-20-28(26)24-16-18-27(19-17-24)30(2,3)4/h9,11-20,22H,7,21H2,1-6H3/b11-9+. The average molecular weight is 439 g/mol. The van der Waals surface area contributed by atoms with E-state index in [2.05, 4.69) is 89.0 Å². The minimum absolute atomic E-state index is 0.116. The fourth-order valence-electron chi connectivity index (χ4n) is 3.77. The summed E-state index contributed by atoms with van der Waals surface area (Å²) in [6, 6.07) is 16.1. The first-order valence-corrected chi connectivity index (χ1v) is 11.6. The van der Waals surface area contributed by atoms with Crippen molar-refractivity contribution in [2.24, 2.45) is 5.41 Å². The van der Waals surface area contributed by atoms with Crippen molar-refractivity contribution in [3.05, 3.63) is 101 Å². The third-order valence-corrected chi connectivity index (χ3v) is 5.71. The maximum atomic E-state index is 11.8. The van der Waals surface area contributed by atoms with Crippen LogP contribution in [-0.4, -0.2) is 12.6 Å². The summed E-state index contributed by atoms with van der Waals surface area (Å²) < 4.78 is 5.02. The number of ether oxygens (including phenoxy) is 1. The highest BCUT2D eigenvalue weighted by Gasteiger charge is 2.21. The van der Waals surface area contributed by atoms with Crippen LogP contribution in [0.4, 0.5) is 0 Å². The molecular formula is C31H34O2. The predicted octanol–water partition coefficient (Wildman–Crippen LogP) is 7.51. The number of benzene rings is 2. The van der Waals surface area contributed by atoms with Crippen LogP contribution in [-0.2, 0) is 10.2 Å². The Morgan fingerprint density at radius 3 is 2.33 bits per heavy atom. The summed E-state index contributed by atoms with van der Waals surface area (Å²) >= 11 is 0. The number of allylic oxidation sites excluding steroid dienone is 6. The second-order valence-corrected chi connectivity index (χ2v) is 10.1. The lowest BCUT2D eigenvalue weighted by Gasteiger charge is -2.27. The van der Waals surface area contributed by atoms with Crippen molar-refractivity contribution in [3.63, 3.8) is 0 Å². The normalized spacial score (nSPS) is 15.3. The van der Waals surface area contributed by atoms with E-state index in [0.717, 1.165) is 12.0 Å². The molecule has 0 atom stereocenters. The SMILES string of the molecule is CCOC(=O)c1ccc(C#C/C=C/C2=CC(C)(C)CC=C2c2ccc(C(C)(C)C)cc2)cc1. The highest BCUT2D eigenvalue weighted by molar-refractivity contribution is 5.89. The van der Waals surface area contributed by atoms with Crippen molar-refractivity contribution >= 4 is 11.5 Å². The summed E-state index contributed by atoms with van der Waals surface area (Å²) in [6.45, 7) is 13.4. The number of rotatable bonds is 4. The molecule has 2 aromatic rings. The maximum absolute atomic E-state index is 11.8. The van der Waals surface area contributed by atoms with Crippen LogP contribution in [0.25, 0.3) is 5.57 Å². The second-order valence-electron chi connectivity index (χ2n) is 10.1. The fourth-order valence-corrected chi connectivity index (χ4v) is 3.77. The van der Waals surface area contributed by atoms with E-state index in [4.69, 9.17) is 4.74 Å². The summed E-state index contributed by atoms with van der Waals surface area (Å²) in [5.41, 5.74) is 6.68. The Morgan fingerprint density at radius 1 is 1.06 bits per heavy atom. The molecule has 2 heteroatoms. The van der Waals surface area contributed by atoms with Gasteiger partial charge in [-0.15, -0.1) is 0 Å². The summed E-state index contributed by atoms with van der Waals surface area (Å²) in [7, 11) is 0. The van der Waals surface area contributed by atoms with Gasteiger partial charge in [0.2, 0.25) is 0 Å². The van der Waals surface area contributed by atoms with Crippen LogP contribution < -0.4 is 0 Å². The summed E-state index contributed by atoms with van der Waals surface area (Å²) in [5.74, 6) is 5.98. The lowest BCUT2D eigenvalue weighted by atomic mass is 9.78. The van der Waals surface area contributed by atoms with Gasteiger partial charge in [0.25, 0.3) is 0 Å². The number of hydrogen-bond acceptors (Lipinski definition) is 2. The molecule has 0 unspecified atom stereocenters. The van der Waals surface area contributed by atoms with Crippen molar-refractivity contribution in [1.82, 2.24) is 0 Å². The van der Waals surface area contributed by atoms with E-state index in [1.807, 2.05) is 18.2 Å². The molecule has 0 aliphatic heterocycles. The number of esters is 1. The van der Waals surface area contributed by atoms with Gasteiger partial charge in [0.1, 0.15) is 0 Å². The molecule has 0 aromatic heterocycles. The summed E-state index contributed by atoms with van der Waals surface area (Å²) in [6.07, 6.45) is 9.70. The van der Waals surface area contributed by atoms with Crippen molar-refractivity contribution < 1.29 is 9.53 Å². The van der Waals surface area contributed by atoms with Gasteiger partial charge in [-0.1, -0.05) is 82.9 Å². The summed E-state index contributed by atoms with van der Waals surface area (Å²) in [5, 5.41) is 0. The van der Waals surface area contributed by atoms with E-state index in [0.29, 0.717) is 12.2 Å². The van der Waals surface area contributed by atoms with Gasteiger partial charge in [-0.3, -0.25) is 0 Å². The first kappa shape index (κ1) is 24.3. The largest absolute Gasteiger partial charge is 0.462 e. The molecule has 170 valence electrons. The van der Waals surface area contributed by atoms with Crippen LogP contribution in [0.5, 0.6) is 0 Å². The molecule has 0 heterocycles. The molecule has 33 heavy (non-hydrogen) atoms. The Labute approximate surface area is 199 Å². The molecule has 2 aromatic carbocycles. The minimum Gasteiger partial charge on any atom is -0.462 e. The Balaban J connectivity index is 1.78. The molecule has 0 N–H and O–H groups in total. The number of carbonyl (C=O) groups is 1. The van der Waals surface area contributed by atoms with Crippen molar-refractivity contribution in [2.45, 2.75) is 53.4 Å². The van der Waals surface area contributed by atoms with E-state index in [1.54, 1.807) is 19.1 Å². The lowest BCUT2D eigenvalue weighted by molar-refractivity contribution is 0.0526. The average Bonchev–Trinajstić information content (AvgIpc) is 2.76. The van der Waals surface area contributed by atoms with Crippen molar-refractivity contribution in [1.29, 1.82) is 0 Å². The zero-order chi connectivity index (χ0) is 24.1. The quantitative estimate of drug-likeness (QED) is 0.365. The van der Waals surface area contributed by atoms with Crippen LogP contribution >= 0.6 is 0 Å². The first-order chi connectivity index (χ1) is 15.6. The van der Waals surface area contributed by atoms with Gasteiger partial charge < -0.3 is 4.74 Å². The topological polar surface area (TPSA) is 26.3 Å². The Hall–Kier alpha value is -3.31. The monoisotopic (exact) mass is 438 g/mol. The highest BCUT2D eigenvalue weighted by Crippen LogP contribution is 2.38. The third-order valence-electron chi connectivity index (χ3n) is 5.71. The molecule has 2 nitrogen and oxygen atoms in total. The molecule has 0 radical (unpaired) electrons. The lowest BCUT2D eigenvalue weighted by Crippen LogP contribution is -2.12. The van der Waals surface area contributed by atoms with Crippen molar-refractivity contribution in [2.75, 3.05) is 6.61 Å². The summed E-state index contributed by atoms with van der Waals surface area (Å²) in [4.78, 5) is 11.8. The van der Waals surface area contributed by atoms with Crippen LogP contribution in [0.1, 0.15) is 75.0 Å². The minimum atomic E-state index is -0.307. The molecule has 0 saturated carbocycles. The molecule has 0 amide bonds. The Kier molecular flexibility index (Phi) is 7.44. The fraction of sp³-hybridized carbons (Fsp3) is 0.323. The van der Waals surface area contributed by atoms with E-state index < -0.39 is 0 Å². The van der Waals surface area contributed by atoms with Crippen LogP contribution in [0.2, 0.25) is 0 Å². The van der Waals surface area contributed by atoms with Gasteiger partial charge in [0, 0.05) is 5.56 Å². The smallest absolute Gasteiger partial charge is 0.338 e. The van der Waals surface area contributed by atoms with Gasteiger partial charge in [0.05, 0.1) is 12.2 Å². The van der Waals surface area contributed by atoms with E-state index in [-0.39, 0.29) is 16.8 Å². The van der Waals surface area contributed by atoms with Gasteiger partial charge in [-0.25, -0.2) is 4.79 Å². The molecule has 0 fully saturated rings. The van der Waals surface area contributed by atoms with Gasteiger partial charge in [-0.05, 0) is 82.9 Å². The van der Waals surface area contributed by atoms with Gasteiger partial charge in [-0.2, -0.15) is 0 Å². The van der Waals surface area contributed by atoms with Gasteiger partial charge in [0.15, 0.2) is 0 Å². The highest BCUT2D eigenvalue weighted by atomic mass is 16.5. The van der Waals surface area contributed by atoms with Crippen LogP contribution in [0.3, 0.4) is 0 Å². The van der Waals surface area contributed by atoms with Crippen LogP contribution in [0, 0.1) is 17.3 Å². The number of carbonyl (C=O) groups excluding carboxylic acids is 1. The van der Waals surface area contributed by atoms with E-state index in [9.17, 15) is 4.79 Å². The van der Waals surface area contributed by atoms with E-state index in [1.165, 1.54) is 22.3 Å². The number of hydrogen-bond donors (Lipinski definition) is 0. The molecule has 0 bridgehead atoms. The van der Waals surface area contributed by atoms with E-state index >= 15 is 0 Å². The first-order valence-electron chi connectivity index (χ1n) is 11.6. The molecule has 0 saturated heterocycles. The predicted molar refractivity (Wildman–Crippen MR) is 138 cm³/mol. The molecule has 3 rings (SSSR count). The zero-order valence-corrected chi connectivity index (χ0v) is 20.7. The molecule has 1 aliphatic rings. The van der Waals surface area contributed by atoms with Crippen LogP contribution in [0.15, 0.2) is 78.4 Å². The molecule has 1 aliphatic carbocycles. The third kappa shape index (κ3) is 6.59. The zero-order valence-electron chi connectivity index (χ0n) is 20.7. The molecule has 0 spiro atoms.